The minimum absolute atomic E-state index is 0.144. The van der Waals surface area contributed by atoms with Gasteiger partial charge in [0.15, 0.2) is 0 Å². The third kappa shape index (κ3) is 6.23. The molecule has 0 radical (unpaired) electrons. The van der Waals surface area contributed by atoms with Gasteiger partial charge in [-0.25, -0.2) is 0 Å². The molecule has 0 fully saturated rings. The van der Waals surface area contributed by atoms with Crippen molar-refractivity contribution in [2.45, 2.75) is 44.3 Å². The number of rotatable bonds is 7. The fraction of sp³-hybridized carbons (Fsp3) is 0.350. The van der Waals surface area contributed by atoms with Gasteiger partial charge in [-0.2, -0.15) is 0 Å². The van der Waals surface area contributed by atoms with Gasteiger partial charge >= 0.3 is 0 Å². The fourth-order valence-electron chi connectivity index (χ4n) is 2.42. The zero-order valence-corrected chi connectivity index (χ0v) is 16.0. The topological polar surface area (TPSA) is 75.1 Å². The Kier molecular flexibility index (Phi) is 7.27. The predicted octanol–water partition coefficient (Wildman–Crippen LogP) is 5.68. The molecule has 2 atom stereocenters. The number of carbonyl (C=O) groups is 1. The van der Waals surface area contributed by atoms with Crippen LogP contribution in [0.4, 0.5) is 0 Å². The molecule has 2 aromatic rings. The van der Waals surface area contributed by atoms with E-state index in [1.807, 2.05) is 81.4 Å². The highest BCUT2D eigenvalue weighted by Gasteiger charge is 2.33. The van der Waals surface area contributed by atoms with Crippen molar-refractivity contribution in [2.75, 3.05) is 0 Å². The maximum atomic E-state index is 12.9. The zero-order chi connectivity index (χ0) is 19.0. The quantitative estimate of drug-likeness (QED) is 0.358. The van der Waals surface area contributed by atoms with Crippen LogP contribution in [0.1, 0.15) is 37.9 Å². The maximum absolute atomic E-state index is 12.9. The Labute approximate surface area is 158 Å². The molecule has 6 heteroatoms. The summed E-state index contributed by atoms with van der Waals surface area (Å²) >= 11 is 1.20. The molecular weight excluding hydrogens is 346 g/mol. The number of benzene rings is 2. The molecule has 0 saturated heterocycles. The second-order valence-electron chi connectivity index (χ2n) is 6.81. The molecule has 26 heavy (non-hydrogen) atoms. The Hall–Kier alpha value is -2.27. The average Bonchev–Trinajstić information content (AvgIpc) is 2.61. The highest BCUT2D eigenvalue weighted by Crippen LogP contribution is 2.33. The van der Waals surface area contributed by atoms with E-state index in [1.54, 1.807) is 0 Å². The van der Waals surface area contributed by atoms with Crippen molar-refractivity contribution in [3.8, 4) is 0 Å². The first-order valence-corrected chi connectivity index (χ1v) is 9.20. The fourth-order valence-corrected chi connectivity index (χ4v) is 3.33. The number of nitrogens with zero attached hydrogens (tertiary/aromatic N) is 3. The van der Waals surface area contributed by atoms with Gasteiger partial charge in [-0.3, -0.25) is 4.79 Å². The first-order chi connectivity index (χ1) is 12.4. The Bertz CT molecular complexity index is 754. The van der Waals surface area contributed by atoms with Crippen LogP contribution < -0.4 is 0 Å². The van der Waals surface area contributed by atoms with Crippen molar-refractivity contribution >= 4 is 16.9 Å². The first-order valence-electron chi connectivity index (χ1n) is 8.38. The summed E-state index contributed by atoms with van der Waals surface area (Å²) in [5, 5.41) is 3.74. The lowest BCUT2D eigenvalue weighted by Crippen LogP contribution is -2.31. The van der Waals surface area contributed by atoms with Crippen molar-refractivity contribution in [3.05, 3.63) is 82.2 Å². The van der Waals surface area contributed by atoms with E-state index in [9.17, 15) is 4.79 Å². The number of thioether (sulfide) groups is 1. The molecule has 0 aliphatic heterocycles. The predicted molar refractivity (Wildman–Crippen MR) is 106 cm³/mol. The Morgan fingerprint density at radius 2 is 1.69 bits per heavy atom. The third-order valence-electron chi connectivity index (χ3n) is 3.52. The SMILES string of the molecule is CC(C)(C)SC(=O)[C@H](OCc1ccccc1)[C@@H](N=[N+]=[N-])c1ccccc1. The number of hydrogen-bond acceptors (Lipinski definition) is 4. The van der Waals surface area contributed by atoms with E-state index in [0.29, 0.717) is 0 Å². The van der Waals surface area contributed by atoms with Gasteiger partial charge in [-0.05, 0) is 16.7 Å². The number of azide groups is 1. The van der Waals surface area contributed by atoms with Crippen LogP contribution in [0.2, 0.25) is 0 Å². The third-order valence-corrected chi connectivity index (χ3v) is 4.56. The summed E-state index contributed by atoms with van der Waals surface area (Å²) in [6.45, 7) is 6.17. The number of carbonyl (C=O) groups excluding carboxylic acids is 1. The van der Waals surface area contributed by atoms with Crippen LogP contribution in [0.25, 0.3) is 10.4 Å². The molecule has 2 rings (SSSR count). The van der Waals surface area contributed by atoms with Crippen LogP contribution >= 0.6 is 11.8 Å². The van der Waals surface area contributed by atoms with E-state index in [4.69, 9.17) is 10.3 Å². The van der Waals surface area contributed by atoms with E-state index in [-0.39, 0.29) is 16.5 Å². The van der Waals surface area contributed by atoms with Crippen LogP contribution in [0, 0.1) is 0 Å². The van der Waals surface area contributed by atoms with E-state index in [2.05, 4.69) is 10.0 Å². The molecule has 0 aliphatic rings. The molecule has 0 spiro atoms. The average molecular weight is 369 g/mol. The van der Waals surface area contributed by atoms with Gasteiger partial charge in [0.25, 0.3) is 0 Å². The van der Waals surface area contributed by atoms with E-state index in [1.165, 1.54) is 11.8 Å². The molecule has 0 aromatic heterocycles. The lowest BCUT2D eigenvalue weighted by Gasteiger charge is -2.26. The van der Waals surface area contributed by atoms with Crippen molar-refractivity contribution in [2.24, 2.45) is 5.11 Å². The maximum Gasteiger partial charge on any atom is 0.218 e. The van der Waals surface area contributed by atoms with Crippen molar-refractivity contribution < 1.29 is 9.53 Å². The molecule has 0 aliphatic carbocycles. The summed E-state index contributed by atoms with van der Waals surface area (Å²) in [6.07, 6.45) is -0.863. The van der Waals surface area contributed by atoms with Gasteiger partial charge in [0.05, 0.1) is 12.6 Å². The highest BCUT2D eigenvalue weighted by atomic mass is 32.2. The van der Waals surface area contributed by atoms with E-state index in [0.717, 1.165) is 11.1 Å². The molecule has 0 unspecified atom stereocenters. The van der Waals surface area contributed by atoms with Crippen molar-refractivity contribution in [1.82, 2.24) is 0 Å². The van der Waals surface area contributed by atoms with Gasteiger partial charge in [0.2, 0.25) is 5.12 Å². The molecule has 2 aromatic carbocycles. The second kappa shape index (κ2) is 9.43. The van der Waals surface area contributed by atoms with Crippen molar-refractivity contribution in [1.29, 1.82) is 0 Å². The summed E-state index contributed by atoms with van der Waals surface area (Å²) < 4.78 is 5.71. The van der Waals surface area contributed by atoms with Gasteiger partial charge in [-0.1, -0.05) is 98.3 Å². The highest BCUT2D eigenvalue weighted by molar-refractivity contribution is 8.14. The Morgan fingerprint density at radius 3 is 2.23 bits per heavy atom. The summed E-state index contributed by atoms with van der Waals surface area (Å²) in [7, 11) is 0. The van der Waals surface area contributed by atoms with E-state index >= 15 is 0 Å². The van der Waals surface area contributed by atoms with Gasteiger partial charge in [-0.15, -0.1) is 0 Å². The standard InChI is InChI=1S/C20H23N3O2S/c1-20(2,3)26-19(24)18(25-14-15-10-6-4-7-11-15)17(22-23-21)16-12-8-5-9-13-16/h4-13,17-18H,14H2,1-3H3/t17-,18+/m0/s1. The minimum atomic E-state index is -0.863. The molecule has 0 bridgehead atoms. The smallest absolute Gasteiger partial charge is 0.218 e. The molecule has 0 N–H and O–H groups in total. The van der Waals surface area contributed by atoms with Gasteiger partial charge in [0.1, 0.15) is 6.10 Å². The van der Waals surface area contributed by atoms with Gasteiger partial charge < -0.3 is 4.74 Å². The number of ether oxygens (including phenoxy) is 1. The molecule has 5 nitrogen and oxygen atoms in total. The largest absolute Gasteiger partial charge is 0.364 e. The monoisotopic (exact) mass is 369 g/mol. The summed E-state index contributed by atoms with van der Waals surface area (Å²) in [5.74, 6) is 0. The van der Waals surface area contributed by atoms with Crippen LogP contribution in [0.15, 0.2) is 65.8 Å². The second-order valence-corrected chi connectivity index (χ2v) is 8.64. The van der Waals surface area contributed by atoms with E-state index < -0.39 is 12.1 Å². The number of hydrogen-bond donors (Lipinski definition) is 0. The van der Waals surface area contributed by atoms with Crippen molar-refractivity contribution in [3.63, 3.8) is 0 Å². The van der Waals surface area contributed by atoms with Crippen LogP contribution in [0.3, 0.4) is 0 Å². The summed E-state index contributed by atoms with van der Waals surface area (Å²) in [6, 6.07) is 18.2. The summed E-state index contributed by atoms with van der Waals surface area (Å²) in [5.41, 5.74) is 10.7. The molecular formula is C20H23N3O2S. The minimum Gasteiger partial charge on any atom is -0.364 e. The lowest BCUT2D eigenvalue weighted by atomic mass is 10.0. The molecule has 0 heterocycles. The normalized spacial score (nSPS) is 13.5. The van der Waals surface area contributed by atoms with Gasteiger partial charge in [0, 0.05) is 9.66 Å². The first kappa shape index (κ1) is 20.0. The molecule has 136 valence electrons. The molecule has 0 amide bonds. The van der Waals surface area contributed by atoms with Crippen LogP contribution in [-0.2, 0) is 16.1 Å². The Balaban J connectivity index is 2.30. The molecule has 0 saturated carbocycles. The summed E-state index contributed by atoms with van der Waals surface area (Å²) in [4.78, 5) is 15.9. The Morgan fingerprint density at radius 1 is 1.12 bits per heavy atom. The lowest BCUT2D eigenvalue weighted by molar-refractivity contribution is -0.123. The zero-order valence-electron chi connectivity index (χ0n) is 15.2. The van der Waals surface area contributed by atoms with Crippen LogP contribution in [-0.4, -0.2) is 16.0 Å². The van der Waals surface area contributed by atoms with Crippen LogP contribution in [0.5, 0.6) is 0 Å².